The maximum absolute atomic E-state index is 4.83. The molecule has 0 saturated heterocycles. The zero-order valence-corrected chi connectivity index (χ0v) is 19.2. The standard InChI is InChI=1S/C23H31N5.BrH/c1-27(2)15-5-6-16-28(17-22-25-19-11-3-4-12-20(19)26-22)21-13-7-9-18-10-8-14-24-23(18)21;/h3-4,8,10-12,14,21H,5-7,9,13,15-17H2,1-2H3,(H,25,26);1H. The van der Waals surface area contributed by atoms with Gasteiger partial charge in [0.2, 0.25) is 0 Å². The molecule has 2 heterocycles. The van der Waals surface area contributed by atoms with Crippen molar-refractivity contribution < 1.29 is 0 Å². The molecule has 1 unspecified atom stereocenters. The minimum Gasteiger partial charge on any atom is -0.341 e. The number of H-pyrrole nitrogens is 1. The highest BCUT2D eigenvalue weighted by Crippen LogP contribution is 2.33. The molecule has 0 spiro atoms. The fourth-order valence-electron chi connectivity index (χ4n) is 4.30. The molecule has 0 saturated carbocycles. The number of hydrogen-bond donors (Lipinski definition) is 1. The number of aromatic amines is 1. The van der Waals surface area contributed by atoms with E-state index in [1.807, 2.05) is 12.3 Å². The van der Waals surface area contributed by atoms with E-state index in [1.165, 1.54) is 36.9 Å². The van der Waals surface area contributed by atoms with Gasteiger partial charge in [-0.15, -0.1) is 17.0 Å². The van der Waals surface area contributed by atoms with Crippen LogP contribution in [0, 0.1) is 0 Å². The Bertz CT molecular complexity index is 874. The number of aryl methyl sites for hydroxylation is 1. The fraction of sp³-hybridized carbons (Fsp3) is 0.478. The lowest BCUT2D eigenvalue weighted by molar-refractivity contribution is 0.157. The van der Waals surface area contributed by atoms with Gasteiger partial charge in [0.25, 0.3) is 0 Å². The van der Waals surface area contributed by atoms with Gasteiger partial charge < -0.3 is 9.88 Å². The van der Waals surface area contributed by atoms with Crippen LogP contribution in [0.5, 0.6) is 0 Å². The van der Waals surface area contributed by atoms with Crippen molar-refractivity contribution in [1.29, 1.82) is 0 Å². The molecule has 29 heavy (non-hydrogen) atoms. The number of aromatic nitrogens is 3. The number of para-hydroxylation sites is 2. The smallest absolute Gasteiger partial charge is 0.121 e. The van der Waals surface area contributed by atoms with E-state index in [9.17, 15) is 0 Å². The summed E-state index contributed by atoms with van der Waals surface area (Å²) in [6.07, 6.45) is 7.92. The van der Waals surface area contributed by atoms with E-state index in [-0.39, 0.29) is 17.0 Å². The SMILES string of the molecule is Br.CN(C)CCCCN(Cc1nc2ccccc2[nH]1)C1CCCc2cccnc21. The van der Waals surface area contributed by atoms with Crippen LogP contribution in [0.1, 0.15) is 48.8 Å². The third kappa shape index (κ3) is 5.44. The van der Waals surface area contributed by atoms with E-state index < -0.39 is 0 Å². The molecular formula is C23H32BrN5. The number of nitrogens with one attached hydrogen (secondary N) is 1. The van der Waals surface area contributed by atoms with Crippen molar-refractivity contribution in [2.24, 2.45) is 0 Å². The molecule has 1 aromatic carbocycles. The van der Waals surface area contributed by atoms with E-state index in [2.05, 4.69) is 59.2 Å². The number of unbranched alkanes of at least 4 members (excludes halogenated alkanes) is 1. The van der Waals surface area contributed by atoms with Gasteiger partial charge in [-0.05, 0) is 83.1 Å². The number of nitrogens with zero attached hydrogens (tertiary/aromatic N) is 4. The van der Waals surface area contributed by atoms with Gasteiger partial charge in [0, 0.05) is 6.20 Å². The highest BCUT2D eigenvalue weighted by atomic mass is 79.9. The Morgan fingerprint density at radius 1 is 1.07 bits per heavy atom. The second-order valence-corrected chi connectivity index (χ2v) is 8.14. The molecule has 1 aliphatic carbocycles. The summed E-state index contributed by atoms with van der Waals surface area (Å²) in [4.78, 5) is 18.0. The van der Waals surface area contributed by atoms with Gasteiger partial charge >= 0.3 is 0 Å². The summed E-state index contributed by atoms with van der Waals surface area (Å²) in [6.45, 7) is 3.06. The summed E-state index contributed by atoms with van der Waals surface area (Å²) in [6, 6.07) is 13.0. The molecule has 2 aromatic heterocycles. The molecule has 5 nitrogen and oxygen atoms in total. The number of hydrogen-bond acceptors (Lipinski definition) is 4. The number of pyridine rings is 1. The Morgan fingerprint density at radius 2 is 1.90 bits per heavy atom. The monoisotopic (exact) mass is 457 g/mol. The summed E-state index contributed by atoms with van der Waals surface area (Å²) in [5, 5.41) is 0. The Morgan fingerprint density at radius 3 is 2.72 bits per heavy atom. The van der Waals surface area contributed by atoms with E-state index in [1.54, 1.807) is 0 Å². The summed E-state index contributed by atoms with van der Waals surface area (Å²) in [7, 11) is 4.29. The zero-order valence-electron chi connectivity index (χ0n) is 17.5. The quantitative estimate of drug-likeness (QED) is 0.495. The van der Waals surface area contributed by atoms with Gasteiger partial charge in [0.15, 0.2) is 0 Å². The van der Waals surface area contributed by atoms with Crippen LogP contribution >= 0.6 is 17.0 Å². The van der Waals surface area contributed by atoms with Crippen molar-refractivity contribution in [1.82, 2.24) is 24.8 Å². The second kappa shape index (κ2) is 10.3. The normalized spacial score (nSPS) is 16.2. The van der Waals surface area contributed by atoms with Crippen LogP contribution in [0.3, 0.4) is 0 Å². The third-order valence-corrected chi connectivity index (χ3v) is 5.70. The molecular weight excluding hydrogens is 426 g/mol. The lowest BCUT2D eigenvalue weighted by Crippen LogP contribution is -2.33. The second-order valence-electron chi connectivity index (χ2n) is 8.14. The lowest BCUT2D eigenvalue weighted by atomic mass is 9.90. The van der Waals surface area contributed by atoms with Crippen LogP contribution < -0.4 is 0 Å². The van der Waals surface area contributed by atoms with Gasteiger partial charge in [-0.25, -0.2) is 4.98 Å². The van der Waals surface area contributed by atoms with Crippen molar-refractivity contribution in [3.63, 3.8) is 0 Å². The number of rotatable bonds is 8. The van der Waals surface area contributed by atoms with E-state index in [0.717, 1.165) is 42.9 Å². The number of imidazole rings is 1. The molecule has 1 N–H and O–H groups in total. The van der Waals surface area contributed by atoms with Gasteiger partial charge in [0.05, 0.1) is 29.3 Å². The lowest BCUT2D eigenvalue weighted by Gasteiger charge is -2.34. The Hall–Kier alpha value is -1.76. The first-order valence-electron chi connectivity index (χ1n) is 10.5. The van der Waals surface area contributed by atoms with Crippen LogP contribution in [-0.2, 0) is 13.0 Å². The van der Waals surface area contributed by atoms with Crippen LogP contribution in [0.2, 0.25) is 0 Å². The molecule has 0 bridgehead atoms. The molecule has 0 amide bonds. The summed E-state index contributed by atoms with van der Waals surface area (Å²) >= 11 is 0. The Kier molecular flexibility index (Phi) is 7.81. The van der Waals surface area contributed by atoms with E-state index in [0.29, 0.717) is 6.04 Å². The predicted molar refractivity (Wildman–Crippen MR) is 125 cm³/mol. The number of fused-ring (bicyclic) bond motifs is 2. The fourth-order valence-corrected chi connectivity index (χ4v) is 4.30. The Balaban J connectivity index is 0.00000240. The van der Waals surface area contributed by atoms with Gasteiger partial charge in [-0.3, -0.25) is 9.88 Å². The zero-order chi connectivity index (χ0) is 19.3. The van der Waals surface area contributed by atoms with E-state index >= 15 is 0 Å². The molecule has 3 aromatic rings. The maximum atomic E-state index is 4.83. The first kappa shape index (κ1) is 21.9. The highest BCUT2D eigenvalue weighted by molar-refractivity contribution is 8.93. The molecule has 0 radical (unpaired) electrons. The van der Waals surface area contributed by atoms with Crippen molar-refractivity contribution in [2.45, 2.75) is 44.7 Å². The average Bonchev–Trinajstić information content (AvgIpc) is 3.12. The van der Waals surface area contributed by atoms with Crippen molar-refractivity contribution in [3.8, 4) is 0 Å². The van der Waals surface area contributed by atoms with Crippen LogP contribution in [0.15, 0.2) is 42.6 Å². The van der Waals surface area contributed by atoms with Crippen molar-refractivity contribution in [2.75, 3.05) is 27.2 Å². The van der Waals surface area contributed by atoms with Crippen LogP contribution in [0.4, 0.5) is 0 Å². The predicted octanol–water partition coefficient (Wildman–Crippen LogP) is 4.76. The molecule has 4 rings (SSSR count). The molecule has 0 aliphatic heterocycles. The number of halogens is 1. The molecule has 1 aliphatic rings. The van der Waals surface area contributed by atoms with Crippen molar-refractivity contribution >= 4 is 28.0 Å². The number of benzene rings is 1. The average molecular weight is 458 g/mol. The third-order valence-electron chi connectivity index (χ3n) is 5.70. The maximum Gasteiger partial charge on any atom is 0.121 e. The molecule has 6 heteroatoms. The van der Waals surface area contributed by atoms with Gasteiger partial charge in [-0.2, -0.15) is 0 Å². The Labute approximate surface area is 184 Å². The summed E-state index contributed by atoms with van der Waals surface area (Å²) in [5.41, 5.74) is 4.86. The van der Waals surface area contributed by atoms with Crippen LogP contribution in [0.25, 0.3) is 11.0 Å². The summed E-state index contributed by atoms with van der Waals surface area (Å²) < 4.78 is 0. The minimum atomic E-state index is 0. The van der Waals surface area contributed by atoms with E-state index in [4.69, 9.17) is 9.97 Å². The van der Waals surface area contributed by atoms with Gasteiger partial charge in [0.1, 0.15) is 5.82 Å². The first-order valence-corrected chi connectivity index (χ1v) is 10.5. The molecule has 1 atom stereocenters. The summed E-state index contributed by atoms with van der Waals surface area (Å²) in [5.74, 6) is 1.05. The largest absolute Gasteiger partial charge is 0.341 e. The molecule has 0 fully saturated rings. The van der Waals surface area contributed by atoms with Crippen LogP contribution in [-0.4, -0.2) is 51.9 Å². The first-order chi connectivity index (χ1) is 13.7. The van der Waals surface area contributed by atoms with Gasteiger partial charge in [-0.1, -0.05) is 18.2 Å². The van der Waals surface area contributed by atoms with Crippen molar-refractivity contribution in [3.05, 3.63) is 59.7 Å². The minimum absolute atomic E-state index is 0. The highest BCUT2D eigenvalue weighted by Gasteiger charge is 2.27. The topological polar surface area (TPSA) is 48.0 Å². The molecule has 156 valence electrons.